The molecule has 1 heterocycles. The Morgan fingerprint density at radius 3 is 2.12 bits per heavy atom. The van der Waals surface area contributed by atoms with Gasteiger partial charge in [-0.05, 0) is 53.0 Å². The van der Waals surface area contributed by atoms with Gasteiger partial charge in [-0.2, -0.15) is 0 Å². The zero-order chi connectivity index (χ0) is 19.3. The summed E-state index contributed by atoms with van der Waals surface area (Å²) in [5, 5.41) is 0. The van der Waals surface area contributed by atoms with E-state index in [2.05, 4.69) is 37.7 Å². The van der Waals surface area contributed by atoms with E-state index in [4.69, 9.17) is 9.47 Å². The Morgan fingerprint density at radius 2 is 1.65 bits per heavy atom. The van der Waals surface area contributed by atoms with Gasteiger partial charge in [0.05, 0.1) is 14.2 Å². The molecule has 0 saturated carbocycles. The number of hydrogen-bond donors (Lipinski definition) is 0. The van der Waals surface area contributed by atoms with Crippen molar-refractivity contribution in [3.63, 3.8) is 0 Å². The smallest absolute Gasteiger partial charge is 0.261 e. The molecule has 2 atom stereocenters. The van der Waals surface area contributed by atoms with Crippen LogP contribution in [0.5, 0.6) is 11.5 Å². The predicted octanol–water partition coefficient (Wildman–Crippen LogP) is 2.19. The number of amides is 1. The second kappa shape index (κ2) is 9.24. The van der Waals surface area contributed by atoms with Gasteiger partial charge in [0.25, 0.3) is 5.91 Å². The lowest BCUT2D eigenvalue weighted by Crippen LogP contribution is -2.58. The Morgan fingerprint density at radius 1 is 1.12 bits per heavy atom. The third-order valence-corrected chi connectivity index (χ3v) is 5.05. The summed E-state index contributed by atoms with van der Waals surface area (Å²) in [6, 6.07) is 6.10. The second-order valence-electron chi connectivity index (χ2n) is 7.34. The molecule has 0 aromatic heterocycles. The summed E-state index contributed by atoms with van der Waals surface area (Å²) in [4.78, 5) is 19.8. The van der Waals surface area contributed by atoms with Crippen LogP contribution in [-0.2, 0) is 0 Å². The summed E-state index contributed by atoms with van der Waals surface area (Å²) in [6.07, 6.45) is 1.13. The molecule has 1 aliphatic rings. The Balaban J connectivity index is 2.11. The number of benzene rings is 1. The van der Waals surface area contributed by atoms with E-state index in [1.807, 2.05) is 11.0 Å². The van der Waals surface area contributed by atoms with Crippen LogP contribution in [-0.4, -0.2) is 87.2 Å². The molecule has 0 radical (unpaired) electrons. The quantitative estimate of drug-likeness (QED) is 0.743. The van der Waals surface area contributed by atoms with E-state index < -0.39 is 0 Å². The standard InChI is InChI=1S/C20H33N3O3/c1-15-13-22(14-16(2)23(15)12-8-11-21(3)4)20(24)19-17(25-5)9-7-10-18(19)26-6/h7,9-10,15-16H,8,11-14H2,1-6H3. The first-order valence-electron chi connectivity index (χ1n) is 9.29. The zero-order valence-corrected chi connectivity index (χ0v) is 17.0. The first-order chi connectivity index (χ1) is 12.4. The molecule has 1 saturated heterocycles. The molecule has 0 aliphatic carbocycles. The number of carbonyl (C=O) groups excluding carboxylic acids is 1. The van der Waals surface area contributed by atoms with E-state index in [0.29, 0.717) is 42.2 Å². The van der Waals surface area contributed by atoms with Gasteiger partial charge in [-0.15, -0.1) is 0 Å². The third-order valence-electron chi connectivity index (χ3n) is 5.05. The minimum absolute atomic E-state index is 0.0223. The van der Waals surface area contributed by atoms with Gasteiger partial charge in [-0.3, -0.25) is 9.69 Å². The summed E-state index contributed by atoms with van der Waals surface area (Å²) >= 11 is 0. The number of nitrogens with zero attached hydrogens (tertiary/aromatic N) is 3. The highest BCUT2D eigenvalue weighted by atomic mass is 16.5. The summed E-state index contributed by atoms with van der Waals surface area (Å²) in [5.74, 6) is 1.09. The maximum atomic E-state index is 13.2. The van der Waals surface area contributed by atoms with Crippen molar-refractivity contribution in [2.24, 2.45) is 0 Å². The first kappa shape index (κ1) is 20.5. The van der Waals surface area contributed by atoms with Gasteiger partial charge in [-0.25, -0.2) is 0 Å². The van der Waals surface area contributed by atoms with Crippen molar-refractivity contribution in [1.29, 1.82) is 0 Å². The van der Waals surface area contributed by atoms with Gasteiger partial charge in [0.2, 0.25) is 0 Å². The van der Waals surface area contributed by atoms with Crippen LogP contribution >= 0.6 is 0 Å². The molecular formula is C20H33N3O3. The number of ether oxygens (including phenoxy) is 2. The molecule has 1 aliphatic heterocycles. The van der Waals surface area contributed by atoms with Crippen LogP contribution in [0.3, 0.4) is 0 Å². The lowest BCUT2D eigenvalue weighted by atomic mass is 10.0. The van der Waals surface area contributed by atoms with Crippen molar-refractivity contribution in [3.05, 3.63) is 23.8 Å². The fourth-order valence-electron chi connectivity index (χ4n) is 3.75. The molecule has 0 spiro atoms. The van der Waals surface area contributed by atoms with Crippen LogP contribution in [0, 0.1) is 0 Å². The van der Waals surface area contributed by atoms with Gasteiger partial charge in [0.1, 0.15) is 17.1 Å². The molecule has 0 N–H and O–H groups in total. The third kappa shape index (κ3) is 4.68. The molecule has 1 fully saturated rings. The van der Waals surface area contributed by atoms with Crippen LogP contribution < -0.4 is 9.47 Å². The topological polar surface area (TPSA) is 45.3 Å². The van der Waals surface area contributed by atoms with Crippen molar-refractivity contribution >= 4 is 5.91 Å². The van der Waals surface area contributed by atoms with Crippen LogP contribution in [0.15, 0.2) is 18.2 Å². The Kier molecular flexibility index (Phi) is 7.29. The number of carbonyl (C=O) groups is 1. The van der Waals surface area contributed by atoms with Gasteiger partial charge in [0, 0.05) is 31.7 Å². The van der Waals surface area contributed by atoms with E-state index in [1.54, 1.807) is 26.4 Å². The van der Waals surface area contributed by atoms with Crippen LogP contribution in [0.2, 0.25) is 0 Å². The fraction of sp³-hybridized carbons (Fsp3) is 0.650. The molecule has 0 bridgehead atoms. The average molecular weight is 364 g/mol. The summed E-state index contributed by atoms with van der Waals surface area (Å²) < 4.78 is 10.8. The van der Waals surface area contributed by atoms with E-state index in [-0.39, 0.29) is 5.91 Å². The van der Waals surface area contributed by atoms with Crippen molar-refractivity contribution in [1.82, 2.24) is 14.7 Å². The largest absolute Gasteiger partial charge is 0.496 e. The molecule has 6 heteroatoms. The van der Waals surface area contributed by atoms with Gasteiger partial charge >= 0.3 is 0 Å². The number of piperazine rings is 1. The van der Waals surface area contributed by atoms with Crippen molar-refractivity contribution in [2.75, 3.05) is 54.5 Å². The molecule has 1 amide bonds. The molecule has 26 heavy (non-hydrogen) atoms. The fourth-order valence-corrected chi connectivity index (χ4v) is 3.75. The Labute approximate surface area is 157 Å². The maximum absolute atomic E-state index is 13.2. The minimum atomic E-state index is -0.0223. The lowest BCUT2D eigenvalue weighted by molar-refractivity contribution is 0.0291. The highest BCUT2D eigenvalue weighted by Crippen LogP contribution is 2.30. The molecule has 146 valence electrons. The average Bonchev–Trinajstić information content (AvgIpc) is 2.62. The van der Waals surface area contributed by atoms with Crippen molar-refractivity contribution in [3.8, 4) is 11.5 Å². The van der Waals surface area contributed by atoms with Crippen molar-refractivity contribution in [2.45, 2.75) is 32.4 Å². The monoisotopic (exact) mass is 363 g/mol. The molecule has 2 unspecified atom stereocenters. The molecule has 1 aromatic rings. The molecular weight excluding hydrogens is 330 g/mol. The normalized spacial score (nSPS) is 21.1. The van der Waals surface area contributed by atoms with Gasteiger partial charge < -0.3 is 19.3 Å². The summed E-state index contributed by atoms with van der Waals surface area (Å²) in [7, 11) is 7.37. The highest BCUT2D eigenvalue weighted by Gasteiger charge is 2.33. The molecule has 6 nitrogen and oxygen atoms in total. The summed E-state index contributed by atoms with van der Waals surface area (Å²) in [6.45, 7) is 7.96. The number of rotatable bonds is 7. The minimum Gasteiger partial charge on any atom is -0.496 e. The Bertz CT molecular complexity index is 572. The van der Waals surface area contributed by atoms with Crippen LogP contribution in [0.1, 0.15) is 30.6 Å². The van der Waals surface area contributed by atoms with E-state index in [1.165, 1.54) is 0 Å². The SMILES string of the molecule is COc1cccc(OC)c1C(=O)N1CC(C)N(CCCN(C)C)C(C)C1. The van der Waals surface area contributed by atoms with E-state index in [9.17, 15) is 4.79 Å². The number of methoxy groups -OCH3 is 2. The highest BCUT2D eigenvalue weighted by molar-refractivity contribution is 5.99. The predicted molar refractivity (Wildman–Crippen MR) is 104 cm³/mol. The molecule has 1 aromatic carbocycles. The summed E-state index contributed by atoms with van der Waals surface area (Å²) in [5.41, 5.74) is 0.512. The van der Waals surface area contributed by atoms with E-state index >= 15 is 0 Å². The van der Waals surface area contributed by atoms with Crippen LogP contribution in [0.4, 0.5) is 0 Å². The molecule has 2 rings (SSSR count). The zero-order valence-electron chi connectivity index (χ0n) is 17.0. The van der Waals surface area contributed by atoms with Crippen LogP contribution in [0.25, 0.3) is 0 Å². The lowest BCUT2D eigenvalue weighted by Gasteiger charge is -2.44. The number of hydrogen-bond acceptors (Lipinski definition) is 5. The van der Waals surface area contributed by atoms with Gasteiger partial charge in [0.15, 0.2) is 0 Å². The van der Waals surface area contributed by atoms with Crippen molar-refractivity contribution < 1.29 is 14.3 Å². The first-order valence-corrected chi connectivity index (χ1v) is 9.29. The van der Waals surface area contributed by atoms with E-state index in [0.717, 1.165) is 19.5 Å². The Hall–Kier alpha value is -1.79. The maximum Gasteiger partial charge on any atom is 0.261 e. The van der Waals surface area contributed by atoms with Gasteiger partial charge in [-0.1, -0.05) is 6.07 Å². The second-order valence-corrected chi connectivity index (χ2v) is 7.34.